The second-order valence-electron chi connectivity index (χ2n) is 5.71. The molecule has 0 aliphatic rings. The molecule has 0 bridgehead atoms. The van der Waals surface area contributed by atoms with Crippen molar-refractivity contribution in [3.8, 4) is 0 Å². The smallest absolute Gasteiger partial charge is 0.360 e. The van der Waals surface area contributed by atoms with Crippen LogP contribution in [0.3, 0.4) is 0 Å². The first-order chi connectivity index (χ1) is 12.1. The van der Waals surface area contributed by atoms with E-state index in [1.54, 1.807) is 6.07 Å². The fraction of sp³-hybridized carbons (Fsp3) is 0.211. The van der Waals surface area contributed by atoms with Crippen LogP contribution in [-0.2, 0) is 16.0 Å². The molecule has 1 heterocycles. The van der Waals surface area contributed by atoms with Gasteiger partial charge in [0.05, 0.1) is 5.52 Å². The Morgan fingerprint density at radius 3 is 2.60 bits per heavy atom. The molecule has 3 rings (SSSR count). The van der Waals surface area contributed by atoms with E-state index in [1.807, 2.05) is 42.5 Å². The number of carbonyl (C=O) groups is 2. The Kier molecular flexibility index (Phi) is 4.79. The van der Waals surface area contributed by atoms with E-state index in [1.165, 1.54) is 12.5 Å². The van der Waals surface area contributed by atoms with Gasteiger partial charge in [-0.3, -0.25) is 9.89 Å². The lowest BCUT2D eigenvalue weighted by atomic mass is 10.1. The summed E-state index contributed by atoms with van der Waals surface area (Å²) in [5, 5.41) is 10.1. The van der Waals surface area contributed by atoms with Crippen LogP contribution in [0.5, 0.6) is 0 Å². The zero-order valence-electron chi connectivity index (χ0n) is 14.1. The van der Waals surface area contributed by atoms with Gasteiger partial charge in [-0.15, -0.1) is 0 Å². The van der Waals surface area contributed by atoms with Crippen molar-refractivity contribution in [1.82, 2.24) is 10.2 Å². The lowest BCUT2D eigenvalue weighted by Crippen LogP contribution is -2.30. The Morgan fingerprint density at radius 1 is 1.16 bits per heavy atom. The first kappa shape index (κ1) is 16.7. The average Bonchev–Trinajstić information content (AvgIpc) is 3.06. The third kappa shape index (κ3) is 3.68. The fourth-order valence-corrected chi connectivity index (χ4v) is 2.46. The number of aromatic amines is 1. The number of aryl methyl sites for hydroxylation is 1. The van der Waals surface area contributed by atoms with Crippen LogP contribution < -0.4 is 5.32 Å². The molecule has 0 spiro atoms. The summed E-state index contributed by atoms with van der Waals surface area (Å²) in [7, 11) is 0. The SMILES string of the molecule is CCc1ccc(NC(=O)C(C)OC(=O)c2n[nH]c3ccccc23)cc1. The van der Waals surface area contributed by atoms with Gasteiger partial charge >= 0.3 is 5.97 Å². The first-order valence-corrected chi connectivity index (χ1v) is 8.12. The molecule has 0 saturated heterocycles. The van der Waals surface area contributed by atoms with Crippen LogP contribution in [0, 0.1) is 0 Å². The van der Waals surface area contributed by atoms with Crippen molar-refractivity contribution in [2.45, 2.75) is 26.4 Å². The Balaban J connectivity index is 1.65. The van der Waals surface area contributed by atoms with Crippen LogP contribution in [0.1, 0.15) is 29.9 Å². The summed E-state index contributed by atoms with van der Waals surface area (Å²) in [5.41, 5.74) is 2.75. The van der Waals surface area contributed by atoms with Crippen molar-refractivity contribution < 1.29 is 14.3 Å². The number of benzene rings is 2. The summed E-state index contributed by atoms with van der Waals surface area (Å²) in [4.78, 5) is 24.5. The molecule has 0 aliphatic heterocycles. The van der Waals surface area contributed by atoms with E-state index < -0.39 is 18.0 Å². The second-order valence-corrected chi connectivity index (χ2v) is 5.71. The monoisotopic (exact) mass is 337 g/mol. The van der Waals surface area contributed by atoms with Crippen molar-refractivity contribution in [3.05, 3.63) is 59.8 Å². The summed E-state index contributed by atoms with van der Waals surface area (Å²) in [6, 6.07) is 14.8. The van der Waals surface area contributed by atoms with E-state index >= 15 is 0 Å². The Labute approximate surface area is 145 Å². The van der Waals surface area contributed by atoms with Crippen LogP contribution in [0.25, 0.3) is 10.9 Å². The molecule has 1 aromatic heterocycles. The number of esters is 1. The van der Waals surface area contributed by atoms with Crippen molar-refractivity contribution >= 4 is 28.5 Å². The van der Waals surface area contributed by atoms with Crippen LogP contribution in [-0.4, -0.2) is 28.2 Å². The van der Waals surface area contributed by atoms with Gasteiger partial charge in [-0.05, 0) is 37.1 Å². The molecule has 1 unspecified atom stereocenters. The van der Waals surface area contributed by atoms with Gasteiger partial charge in [-0.25, -0.2) is 4.79 Å². The van der Waals surface area contributed by atoms with Gasteiger partial charge < -0.3 is 10.1 Å². The Morgan fingerprint density at radius 2 is 1.88 bits per heavy atom. The zero-order chi connectivity index (χ0) is 17.8. The summed E-state index contributed by atoms with van der Waals surface area (Å²) in [6.45, 7) is 3.59. The Bertz CT molecular complexity index is 900. The normalized spacial score (nSPS) is 11.9. The number of fused-ring (bicyclic) bond motifs is 1. The van der Waals surface area contributed by atoms with Crippen molar-refractivity contribution in [2.24, 2.45) is 0 Å². The van der Waals surface area contributed by atoms with Crippen LogP contribution in [0.2, 0.25) is 0 Å². The molecular formula is C19H19N3O3. The standard InChI is InChI=1S/C19H19N3O3/c1-3-13-8-10-14(11-9-13)20-18(23)12(2)25-19(24)17-15-6-4-5-7-16(15)21-22-17/h4-12H,3H2,1-2H3,(H,20,23)(H,21,22). The predicted molar refractivity (Wildman–Crippen MR) is 95.4 cm³/mol. The van der Waals surface area contributed by atoms with E-state index in [9.17, 15) is 9.59 Å². The molecule has 2 aromatic carbocycles. The third-order valence-corrected chi connectivity index (χ3v) is 3.95. The lowest BCUT2D eigenvalue weighted by Gasteiger charge is -2.13. The number of amides is 1. The molecule has 3 aromatic rings. The minimum Gasteiger partial charge on any atom is -0.448 e. The summed E-state index contributed by atoms with van der Waals surface area (Å²) >= 11 is 0. The van der Waals surface area contributed by atoms with Gasteiger partial charge in [0.2, 0.25) is 0 Å². The van der Waals surface area contributed by atoms with Crippen molar-refractivity contribution in [3.63, 3.8) is 0 Å². The van der Waals surface area contributed by atoms with E-state index in [2.05, 4.69) is 22.4 Å². The molecule has 25 heavy (non-hydrogen) atoms. The quantitative estimate of drug-likeness (QED) is 0.700. The largest absolute Gasteiger partial charge is 0.448 e. The maximum atomic E-state index is 12.3. The highest BCUT2D eigenvalue weighted by Gasteiger charge is 2.22. The van der Waals surface area contributed by atoms with Crippen LogP contribution in [0.15, 0.2) is 48.5 Å². The number of anilines is 1. The Hall–Kier alpha value is -3.15. The molecule has 2 N–H and O–H groups in total. The molecule has 128 valence electrons. The number of hydrogen-bond donors (Lipinski definition) is 2. The molecule has 0 aliphatic carbocycles. The highest BCUT2D eigenvalue weighted by atomic mass is 16.5. The number of para-hydroxylation sites is 1. The third-order valence-electron chi connectivity index (χ3n) is 3.95. The number of H-pyrrole nitrogens is 1. The summed E-state index contributed by atoms with van der Waals surface area (Å²) in [5.74, 6) is -1.03. The summed E-state index contributed by atoms with van der Waals surface area (Å²) in [6.07, 6.45) is -0.00586. The van der Waals surface area contributed by atoms with E-state index in [4.69, 9.17) is 4.74 Å². The molecule has 0 radical (unpaired) electrons. The number of nitrogens with one attached hydrogen (secondary N) is 2. The van der Waals surface area contributed by atoms with E-state index in [-0.39, 0.29) is 5.69 Å². The van der Waals surface area contributed by atoms with Gasteiger partial charge in [0.1, 0.15) is 0 Å². The maximum absolute atomic E-state index is 12.3. The molecule has 1 atom stereocenters. The maximum Gasteiger partial charge on any atom is 0.360 e. The molecule has 6 heteroatoms. The molecular weight excluding hydrogens is 318 g/mol. The van der Waals surface area contributed by atoms with Crippen LogP contribution in [0.4, 0.5) is 5.69 Å². The highest BCUT2D eigenvalue weighted by molar-refractivity contribution is 6.03. The highest BCUT2D eigenvalue weighted by Crippen LogP contribution is 2.17. The molecule has 0 fully saturated rings. The lowest BCUT2D eigenvalue weighted by molar-refractivity contribution is -0.123. The molecule has 0 saturated carbocycles. The van der Waals surface area contributed by atoms with Gasteiger partial charge in [-0.1, -0.05) is 37.3 Å². The number of rotatable bonds is 5. The average molecular weight is 337 g/mol. The van der Waals surface area contributed by atoms with Crippen molar-refractivity contribution in [2.75, 3.05) is 5.32 Å². The topological polar surface area (TPSA) is 84.1 Å². The van der Waals surface area contributed by atoms with Gasteiger partial charge in [0.15, 0.2) is 11.8 Å². The van der Waals surface area contributed by atoms with E-state index in [0.717, 1.165) is 11.9 Å². The number of hydrogen-bond acceptors (Lipinski definition) is 4. The molecule has 6 nitrogen and oxygen atoms in total. The van der Waals surface area contributed by atoms with E-state index in [0.29, 0.717) is 11.1 Å². The zero-order valence-corrected chi connectivity index (χ0v) is 14.1. The van der Waals surface area contributed by atoms with Gasteiger partial charge in [-0.2, -0.15) is 5.10 Å². The summed E-state index contributed by atoms with van der Waals surface area (Å²) < 4.78 is 5.25. The first-order valence-electron chi connectivity index (χ1n) is 8.12. The van der Waals surface area contributed by atoms with Crippen LogP contribution >= 0.6 is 0 Å². The second kappa shape index (κ2) is 7.17. The minimum atomic E-state index is -0.936. The predicted octanol–water partition coefficient (Wildman–Crippen LogP) is 3.31. The molecule has 1 amide bonds. The van der Waals surface area contributed by atoms with Crippen molar-refractivity contribution in [1.29, 1.82) is 0 Å². The number of nitrogens with zero attached hydrogens (tertiary/aromatic N) is 1. The minimum absolute atomic E-state index is 0.169. The number of ether oxygens (including phenoxy) is 1. The van der Waals surface area contributed by atoms with Gasteiger partial charge in [0.25, 0.3) is 5.91 Å². The fourth-order valence-electron chi connectivity index (χ4n) is 2.46. The van der Waals surface area contributed by atoms with Gasteiger partial charge in [0, 0.05) is 11.1 Å². The number of carbonyl (C=O) groups excluding carboxylic acids is 2. The number of aromatic nitrogens is 2.